The van der Waals surface area contributed by atoms with E-state index in [0.29, 0.717) is 5.92 Å². The van der Waals surface area contributed by atoms with Crippen LogP contribution in [0.25, 0.3) is 0 Å². The van der Waals surface area contributed by atoms with Crippen LogP contribution in [0.5, 0.6) is 0 Å². The van der Waals surface area contributed by atoms with E-state index in [1.54, 1.807) is 0 Å². The molecule has 3 heteroatoms. The maximum absolute atomic E-state index is 4.29. The van der Waals surface area contributed by atoms with Crippen molar-refractivity contribution in [3.05, 3.63) is 53.6 Å². The minimum atomic E-state index is 0.715. The normalized spacial score (nSPS) is 11.2. The van der Waals surface area contributed by atoms with Gasteiger partial charge >= 0.3 is 0 Å². The summed E-state index contributed by atoms with van der Waals surface area (Å²) in [4.78, 5) is 4.29. The standard InChI is InChI=1S/C16H23N3/c1-13(2)10-14-4-6-15(7-5-14)11-17-12-16-18-8-9-19(16)3/h4-9,13,17H,10-12H2,1-3H3. The van der Waals surface area contributed by atoms with Gasteiger partial charge in [0.15, 0.2) is 0 Å². The molecule has 0 fully saturated rings. The summed E-state index contributed by atoms with van der Waals surface area (Å²) in [6.07, 6.45) is 4.95. The third-order valence-corrected chi connectivity index (χ3v) is 3.20. The average Bonchev–Trinajstić information content (AvgIpc) is 2.77. The molecule has 0 aliphatic rings. The molecule has 19 heavy (non-hydrogen) atoms. The van der Waals surface area contributed by atoms with Crippen LogP contribution in [-0.4, -0.2) is 9.55 Å². The minimum Gasteiger partial charge on any atom is -0.337 e. The average molecular weight is 257 g/mol. The Labute approximate surface area is 115 Å². The lowest BCUT2D eigenvalue weighted by Crippen LogP contribution is -2.15. The summed E-state index contributed by atoms with van der Waals surface area (Å²) in [5.74, 6) is 1.78. The Bertz CT molecular complexity index is 497. The van der Waals surface area contributed by atoms with Crippen LogP contribution in [0.2, 0.25) is 0 Å². The molecule has 0 radical (unpaired) electrons. The summed E-state index contributed by atoms with van der Waals surface area (Å²) in [6, 6.07) is 8.89. The molecule has 0 atom stereocenters. The molecule has 0 aliphatic heterocycles. The van der Waals surface area contributed by atoms with E-state index in [-0.39, 0.29) is 0 Å². The summed E-state index contributed by atoms with van der Waals surface area (Å²) in [6.45, 7) is 6.19. The number of hydrogen-bond acceptors (Lipinski definition) is 2. The van der Waals surface area contributed by atoms with Crippen molar-refractivity contribution in [3.8, 4) is 0 Å². The number of nitrogens with one attached hydrogen (secondary N) is 1. The summed E-state index contributed by atoms with van der Waals surface area (Å²) >= 11 is 0. The molecule has 0 spiro atoms. The second kappa shape index (κ2) is 6.53. The van der Waals surface area contributed by atoms with Gasteiger partial charge in [-0.25, -0.2) is 4.98 Å². The zero-order valence-corrected chi connectivity index (χ0v) is 12.1. The van der Waals surface area contributed by atoms with E-state index < -0.39 is 0 Å². The van der Waals surface area contributed by atoms with Gasteiger partial charge in [0, 0.05) is 26.0 Å². The second-order valence-electron chi connectivity index (χ2n) is 5.47. The van der Waals surface area contributed by atoms with E-state index in [0.717, 1.165) is 25.3 Å². The first kappa shape index (κ1) is 13.8. The molecule has 1 aromatic carbocycles. The van der Waals surface area contributed by atoms with Crippen molar-refractivity contribution in [2.45, 2.75) is 33.4 Å². The Balaban J connectivity index is 1.81. The number of hydrogen-bond donors (Lipinski definition) is 1. The third kappa shape index (κ3) is 4.21. The highest BCUT2D eigenvalue weighted by Gasteiger charge is 2.00. The molecule has 1 aromatic heterocycles. The Hall–Kier alpha value is -1.61. The zero-order valence-electron chi connectivity index (χ0n) is 12.1. The van der Waals surface area contributed by atoms with E-state index in [2.05, 4.69) is 48.4 Å². The van der Waals surface area contributed by atoms with Gasteiger partial charge in [-0.1, -0.05) is 38.1 Å². The Morgan fingerprint density at radius 3 is 2.37 bits per heavy atom. The molecule has 2 aromatic rings. The number of aromatic nitrogens is 2. The molecule has 0 amide bonds. The number of rotatable bonds is 6. The monoisotopic (exact) mass is 257 g/mol. The lowest BCUT2D eigenvalue weighted by molar-refractivity contribution is 0.636. The van der Waals surface area contributed by atoms with Gasteiger partial charge in [-0.2, -0.15) is 0 Å². The van der Waals surface area contributed by atoms with E-state index in [1.807, 2.05) is 24.0 Å². The lowest BCUT2D eigenvalue weighted by atomic mass is 10.0. The number of benzene rings is 1. The smallest absolute Gasteiger partial charge is 0.122 e. The Kier molecular flexibility index (Phi) is 4.74. The largest absolute Gasteiger partial charge is 0.337 e. The first-order valence-electron chi connectivity index (χ1n) is 6.90. The van der Waals surface area contributed by atoms with Crippen LogP contribution in [-0.2, 0) is 26.6 Å². The molecule has 0 saturated heterocycles. The summed E-state index contributed by atoms with van der Waals surface area (Å²) < 4.78 is 2.04. The van der Waals surface area contributed by atoms with Gasteiger partial charge in [-0.05, 0) is 23.5 Å². The maximum atomic E-state index is 4.29. The highest BCUT2D eigenvalue weighted by atomic mass is 15.1. The van der Waals surface area contributed by atoms with E-state index >= 15 is 0 Å². The fourth-order valence-corrected chi connectivity index (χ4v) is 2.15. The first-order chi connectivity index (χ1) is 9.15. The molecule has 2 rings (SSSR count). The highest BCUT2D eigenvalue weighted by molar-refractivity contribution is 5.22. The molecule has 0 aliphatic carbocycles. The van der Waals surface area contributed by atoms with E-state index in [1.165, 1.54) is 11.1 Å². The van der Waals surface area contributed by atoms with E-state index in [4.69, 9.17) is 0 Å². The van der Waals surface area contributed by atoms with Crippen molar-refractivity contribution in [3.63, 3.8) is 0 Å². The molecule has 1 N–H and O–H groups in total. The van der Waals surface area contributed by atoms with Crippen LogP contribution in [0.4, 0.5) is 0 Å². The van der Waals surface area contributed by atoms with Gasteiger partial charge in [0.25, 0.3) is 0 Å². The van der Waals surface area contributed by atoms with Crippen molar-refractivity contribution < 1.29 is 0 Å². The predicted molar refractivity (Wildman–Crippen MR) is 78.7 cm³/mol. The molecule has 0 saturated carbocycles. The molecule has 102 valence electrons. The fourth-order valence-electron chi connectivity index (χ4n) is 2.15. The zero-order chi connectivity index (χ0) is 13.7. The second-order valence-corrected chi connectivity index (χ2v) is 5.47. The van der Waals surface area contributed by atoms with Crippen molar-refractivity contribution in [1.82, 2.24) is 14.9 Å². The summed E-state index contributed by atoms with van der Waals surface area (Å²) in [7, 11) is 2.02. The topological polar surface area (TPSA) is 29.9 Å². The molecular weight excluding hydrogens is 234 g/mol. The van der Waals surface area contributed by atoms with Gasteiger partial charge in [0.2, 0.25) is 0 Å². The van der Waals surface area contributed by atoms with Crippen LogP contribution < -0.4 is 5.32 Å². The van der Waals surface area contributed by atoms with Crippen LogP contribution in [0.15, 0.2) is 36.7 Å². The van der Waals surface area contributed by atoms with Crippen molar-refractivity contribution >= 4 is 0 Å². The van der Waals surface area contributed by atoms with Crippen LogP contribution in [0, 0.1) is 5.92 Å². The number of nitrogens with zero attached hydrogens (tertiary/aromatic N) is 2. The first-order valence-corrected chi connectivity index (χ1v) is 6.90. The SMILES string of the molecule is CC(C)Cc1ccc(CNCc2nccn2C)cc1. The molecule has 1 heterocycles. The van der Waals surface area contributed by atoms with Gasteiger partial charge < -0.3 is 9.88 Å². The van der Waals surface area contributed by atoms with Crippen molar-refractivity contribution in [1.29, 1.82) is 0 Å². The van der Waals surface area contributed by atoms with Gasteiger partial charge in [0.05, 0.1) is 6.54 Å². The third-order valence-electron chi connectivity index (χ3n) is 3.20. The quantitative estimate of drug-likeness (QED) is 0.862. The van der Waals surface area contributed by atoms with Crippen LogP contribution in [0.1, 0.15) is 30.8 Å². The van der Waals surface area contributed by atoms with Crippen LogP contribution >= 0.6 is 0 Å². The Morgan fingerprint density at radius 1 is 1.11 bits per heavy atom. The number of imidazole rings is 1. The molecule has 0 unspecified atom stereocenters. The predicted octanol–water partition coefficient (Wildman–Crippen LogP) is 2.91. The summed E-state index contributed by atoms with van der Waals surface area (Å²) in [5, 5.41) is 3.42. The molecular formula is C16H23N3. The van der Waals surface area contributed by atoms with Gasteiger partial charge in [-0.3, -0.25) is 0 Å². The van der Waals surface area contributed by atoms with E-state index in [9.17, 15) is 0 Å². The van der Waals surface area contributed by atoms with Crippen molar-refractivity contribution in [2.24, 2.45) is 13.0 Å². The lowest BCUT2D eigenvalue weighted by Gasteiger charge is -2.08. The minimum absolute atomic E-state index is 0.715. The molecule has 0 bridgehead atoms. The van der Waals surface area contributed by atoms with Crippen LogP contribution in [0.3, 0.4) is 0 Å². The maximum Gasteiger partial charge on any atom is 0.122 e. The van der Waals surface area contributed by atoms with Crippen molar-refractivity contribution in [2.75, 3.05) is 0 Å². The highest BCUT2D eigenvalue weighted by Crippen LogP contribution is 2.09. The molecule has 3 nitrogen and oxygen atoms in total. The number of aryl methyl sites for hydroxylation is 1. The van der Waals surface area contributed by atoms with Gasteiger partial charge in [-0.15, -0.1) is 0 Å². The summed E-state index contributed by atoms with van der Waals surface area (Å²) in [5.41, 5.74) is 2.74. The Morgan fingerprint density at radius 2 is 1.79 bits per heavy atom. The fraction of sp³-hybridized carbons (Fsp3) is 0.438. The van der Waals surface area contributed by atoms with Gasteiger partial charge in [0.1, 0.15) is 5.82 Å².